The van der Waals surface area contributed by atoms with Crippen molar-refractivity contribution in [3.05, 3.63) is 65.5 Å². The lowest BCUT2D eigenvalue weighted by atomic mass is 10.0. The van der Waals surface area contributed by atoms with Gasteiger partial charge in [-0.3, -0.25) is 4.90 Å². The van der Waals surface area contributed by atoms with Crippen molar-refractivity contribution >= 4 is 11.7 Å². The van der Waals surface area contributed by atoms with Crippen LogP contribution in [-0.4, -0.2) is 12.6 Å². The van der Waals surface area contributed by atoms with Crippen molar-refractivity contribution in [2.45, 2.75) is 19.4 Å². The van der Waals surface area contributed by atoms with Gasteiger partial charge in [-0.05, 0) is 42.2 Å². The third-order valence-corrected chi connectivity index (χ3v) is 3.69. The summed E-state index contributed by atoms with van der Waals surface area (Å²) in [4.78, 5) is 14.0. The summed E-state index contributed by atoms with van der Waals surface area (Å²) in [6.45, 7) is 1.16. The summed E-state index contributed by atoms with van der Waals surface area (Å²) in [6.07, 6.45) is 1.67. The Kier molecular flexibility index (Phi) is 3.86. The number of fused-ring (bicyclic) bond motifs is 1. The van der Waals surface area contributed by atoms with E-state index >= 15 is 0 Å². The van der Waals surface area contributed by atoms with E-state index < -0.39 is 0 Å². The third-order valence-electron chi connectivity index (χ3n) is 3.69. The predicted octanol–water partition coefficient (Wildman–Crippen LogP) is 3.49. The minimum absolute atomic E-state index is 0.133. The zero-order valence-corrected chi connectivity index (χ0v) is 11.7. The summed E-state index contributed by atoms with van der Waals surface area (Å²) in [5.74, 6) is -0.250. The smallest absolute Gasteiger partial charge is 0.322 e. The Morgan fingerprint density at radius 2 is 2.00 bits per heavy atom. The number of urea groups is 1. The van der Waals surface area contributed by atoms with Crippen LogP contribution in [-0.2, 0) is 13.0 Å². The normalized spacial score (nSPS) is 13.7. The van der Waals surface area contributed by atoms with E-state index in [1.54, 1.807) is 11.0 Å². The van der Waals surface area contributed by atoms with E-state index in [9.17, 15) is 9.18 Å². The van der Waals surface area contributed by atoms with Gasteiger partial charge >= 0.3 is 6.03 Å². The van der Waals surface area contributed by atoms with Gasteiger partial charge in [-0.25, -0.2) is 9.18 Å². The Hall–Kier alpha value is -2.36. The maximum Gasteiger partial charge on any atom is 0.322 e. The molecule has 3 nitrogen and oxygen atoms in total. The average molecular weight is 284 g/mol. The molecule has 0 aliphatic carbocycles. The lowest BCUT2D eigenvalue weighted by molar-refractivity contribution is 0.245. The standard InChI is InChI=1S/C17H17FN2O/c18-15-8-9-16-14(11-15)7-4-10-20(16)17(21)19-12-13-5-2-1-3-6-13/h1-3,5-6,8-9,11H,4,7,10,12H2,(H,19,21). The minimum Gasteiger partial charge on any atom is -0.334 e. The van der Waals surface area contributed by atoms with Gasteiger partial charge in [0.25, 0.3) is 0 Å². The van der Waals surface area contributed by atoms with Crippen molar-refractivity contribution in [1.82, 2.24) is 5.32 Å². The van der Waals surface area contributed by atoms with Crippen molar-refractivity contribution in [3.63, 3.8) is 0 Å². The quantitative estimate of drug-likeness (QED) is 0.899. The van der Waals surface area contributed by atoms with Crippen molar-refractivity contribution in [3.8, 4) is 0 Å². The molecule has 0 saturated carbocycles. The molecule has 1 heterocycles. The second-order valence-electron chi connectivity index (χ2n) is 5.17. The SMILES string of the molecule is O=C(NCc1ccccc1)N1CCCc2cc(F)ccc21. The van der Waals surface area contributed by atoms with Crippen LogP contribution in [0.5, 0.6) is 0 Å². The predicted molar refractivity (Wildman–Crippen MR) is 80.7 cm³/mol. The van der Waals surface area contributed by atoms with Gasteiger partial charge in [0.15, 0.2) is 0 Å². The number of hydrogen-bond donors (Lipinski definition) is 1. The molecule has 0 atom stereocenters. The number of anilines is 1. The molecular weight excluding hydrogens is 267 g/mol. The fourth-order valence-electron chi connectivity index (χ4n) is 2.65. The Labute approximate surface area is 123 Å². The highest BCUT2D eigenvalue weighted by molar-refractivity contribution is 5.93. The molecule has 2 aromatic rings. The summed E-state index contributed by atoms with van der Waals surface area (Å²) in [7, 11) is 0. The molecule has 3 rings (SSSR count). The van der Waals surface area contributed by atoms with Crippen molar-refractivity contribution < 1.29 is 9.18 Å². The summed E-state index contributed by atoms with van der Waals surface area (Å²) in [6, 6.07) is 14.3. The molecule has 108 valence electrons. The van der Waals surface area contributed by atoms with Crippen LogP contribution in [0.2, 0.25) is 0 Å². The van der Waals surface area contributed by atoms with E-state index in [0.717, 1.165) is 29.7 Å². The highest BCUT2D eigenvalue weighted by Gasteiger charge is 2.22. The number of carbonyl (C=O) groups excluding carboxylic acids is 1. The fourth-order valence-corrected chi connectivity index (χ4v) is 2.65. The Morgan fingerprint density at radius 1 is 1.19 bits per heavy atom. The maximum absolute atomic E-state index is 13.3. The highest BCUT2D eigenvalue weighted by Crippen LogP contribution is 2.27. The fraction of sp³-hybridized carbons (Fsp3) is 0.235. The van der Waals surface area contributed by atoms with Gasteiger partial charge in [0, 0.05) is 18.8 Å². The van der Waals surface area contributed by atoms with Gasteiger partial charge in [0.05, 0.1) is 0 Å². The van der Waals surface area contributed by atoms with Crippen LogP contribution in [0.1, 0.15) is 17.5 Å². The number of benzene rings is 2. The van der Waals surface area contributed by atoms with E-state index in [-0.39, 0.29) is 11.8 Å². The third kappa shape index (κ3) is 3.05. The first-order valence-electron chi connectivity index (χ1n) is 7.12. The number of nitrogens with one attached hydrogen (secondary N) is 1. The molecule has 21 heavy (non-hydrogen) atoms. The molecule has 0 fully saturated rings. The second kappa shape index (κ2) is 5.95. The van der Waals surface area contributed by atoms with E-state index in [1.807, 2.05) is 30.3 Å². The first kappa shape index (κ1) is 13.6. The number of carbonyl (C=O) groups is 1. The average Bonchev–Trinajstić information content (AvgIpc) is 2.52. The zero-order valence-electron chi connectivity index (χ0n) is 11.7. The van der Waals surface area contributed by atoms with Crippen molar-refractivity contribution in [1.29, 1.82) is 0 Å². The lowest BCUT2D eigenvalue weighted by Crippen LogP contribution is -2.42. The van der Waals surface area contributed by atoms with Gasteiger partial charge in [-0.15, -0.1) is 0 Å². The van der Waals surface area contributed by atoms with Gasteiger partial charge in [-0.1, -0.05) is 30.3 Å². The molecule has 2 amide bonds. The topological polar surface area (TPSA) is 32.3 Å². The molecule has 1 aliphatic heterocycles. The number of rotatable bonds is 2. The van der Waals surface area contributed by atoms with Gasteiger partial charge in [0.2, 0.25) is 0 Å². The largest absolute Gasteiger partial charge is 0.334 e. The molecule has 0 spiro atoms. The number of halogens is 1. The Balaban J connectivity index is 1.71. The van der Waals surface area contributed by atoms with Crippen LogP contribution >= 0.6 is 0 Å². The van der Waals surface area contributed by atoms with Crippen LogP contribution < -0.4 is 10.2 Å². The van der Waals surface area contributed by atoms with E-state index in [4.69, 9.17) is 0 Å². The van der Waals surface area contributed by atoms with Gasteiger partial charge in [0.1, 0.15) is 5.82 Å². The second-order valence-corrected chi connectivity index (χ2v) is 5.17. The molecule has 0 bridgehead atoms. The Bertz CT molecular complexity index is 642. The number of aryl methyl sites for hydroxylation is 1. The van der Waals surface area contributed by atoms with E-state index in [1.165, 1.54) is 12.1 Å². The van der Waals surface area contributed by atoms with Crippen LogP contribution in [0.15, 0.2) is 48.5 Å². The van der Waals surface area contributed by atoms with Crippen LogP contribution in [0.3, 0.4) is 0 Å². The summed E-state index contributed by atoms with van der Waals surface area (Å²) in [5.41, 5.74) is 2.77. The molecule has 0 radical (unpaired) electrons. The Morgan fingerprint density at radius 3 is 2.81 bits per heavy atom. The van der Waals surface area contributed by atoms with Gasteiger partial charge in [-0.2, -0.15) is 0 Å². The molecule has 2 aromatic carbocycles. The maximum atomic E-state index is 13.3. The molecule has 0 aromatic heterocycles. The number of hydrogen-bond acceptors (Lipinski definition) is 1. The number of amides is 2. The summed E-state index contributed by atoms with van der Waals surface area (Å²) < 4.78 is 13.3. The first-order valence-corrected chi connectivity index (χ1v) is 7.12. The zero-order chi connectivity index (χ0) is 14.7. The van der Waals surface area contributed by atoms with Crippen LogP contribution in [0, 0.1) is 5.82 Å². The molecule has 0 unspecified atom stereocenters. The summed E-state index contributed by atoms with van der Waals surface area (Å²) >= 11 is 0. The monoisotopic (exact) mass is 284 g/mol. The van der Waals surface area contributed by atoms with E-state index in [2.05, 4.69) is 5.32 Å². The lowest BCUT2D eigenvalue weighted by Gasteiger charge is -2.29. The van der Waals surface area contributed by atoms with Gasteiger partial charge < -0.3 is 5.32 Å². The first-order chi connectivity index (χ1) is 10.2. The molecule has 0 saturated heterocycles. The minimum atomic E-state index is -0.250. The summed E-state index contributed by atoms with van der Waals surface area (Å²) in [5, 5.41) is 2.92. The molecule has 1 N–H and O–H groups in total. The molecule has 4 heteroatoms. The van der Waals surface area contributed by atoms with Crippen molar-refractivity contribution in [2.75, 3.05) is 11.4 Å². The van der Waals surface area contributed by atoms with Crippen molar-refractivity contribution in [2.24, 2.45) is 0 Å². The highest BCUT2D eigenvalue weighted by atomic mass is 19.1. The van der Waals surface area contributed by atoms with E-state index in [0.29, 0.717) is 13.1 Å². The molecule has 1 aliphatic rings. The van der Waals surface area contributed by atoms with Crippen LogP contribution in [0.4, 0.5) is 14.9 Å². The molecular formula is C17H17FN2O. The number of nitrogens with zero attached hydrogens (tertiary/aromatic N) is 1. The van der Waals surface area contributed by atoms with Crippen LogP contribution in [0.25, 0.3) is 0 Å².